The molecule has 0 spiro atoms. The second-order valence-corrected chi connectivity index (χ2v) is 4.56. The van der Waals surface area contributed by atoms with E-state index in [-0.39, 0.29) is 0 Å². The summed E-state index contributed by atoms with van der Waals surface area (Å²) in [5.41, 5.74) is 0.925. The molecule has 0 aromatic carbocycles. The minimum absolute atomic E-state index is 0.298. The van der Waals surface area contributed by atoms with Crippen LogP contribution in [0.25, 0.3) is 0 Å². The van der Waals surface area contributed by atoms with Crippen LogP contribution in [0.1, 0.15) is 18.9 Å². The molecular weight excluding hydrogens is 254 g/mol. The standard InChI is InChI=1S/C12H20ClN3O2/c1-4-5-10-11(13)14-8-15-12(10)16(2)6-9(17)7-18-3/h8-9,17H,4-7H2,1-3H3. The fourth-order valence-electron chi connectivity index (χ4n) is 1.82. The molecule has 1 heterocycles. The van der Waals surface area contributed by atoms with Crippen molar-refractivity contribution < 1.29 is 9.84 Å². The Labute approximate surface area is 113 Å². The molecule has 0 aliphatic heterocycles. The number of anilines is 1. The van der Waals surface area contributed by atoms with E-state index in [1.54, 1.807) is 7.11 Å². The van der Waals surface area contributed by atoms with Crippen LogP contribution in [0.15, 0.2) is 6.33 Å². The third kappa shape index (κ3) is 4.08. The van der Waals surface area contributed by atoms with E-state index in [0.29, 0.717) is 18.3 Å². The Morgan fingerprint density at radius 1 is 1.50 bits per heavy atom. The summed E-state index contributed by atoms with van der Waals surface area (Å²) in [7, 11) is 3.43. The summed E-state index contributed by atoms with van der Waals surface area (Å²) >= 11 is 6.08. The smallest absolute Gasteiger partial charge is 0.137 e. The number of hydrogen-bond acceptors (Lipinski definition) is 5. The van der Waals surface area contributed by atoms with Crippen LogP contribution >= 0.6 is 11.6 Å². The number of ether oxygens (including phenoxy) is 1. The first-order valence-corrected chi connectivity index (χ1v) is 6.35. The van der Waals surface area contributed by atoms with Crippen LogP contribution in [0.4, 0.5) is 5.82 Å². The normalized spacial score (nSPS) is 12.5. The Hall–Kier alpha value is -0.910. The average Bonchev–Trinajstić information content (AvgIpc) is 2.32. The van der Waals surface area contributed by atoms with Crippen LogP contribution in [-0.2, 0) is 11.2 Å². The van der Waals surface area contributed by atoms with Crippen molar-refractivity contribution in [1.82, 2.24) is 9.97 Å². The Bertz CT molecular complexity index is 376. The zero-order valence-electron chi connectivity index (χ0n) is 11.1. The first kappa shape index (κ1) is 15.1. The van der Waals surface area contributed by atoms with E-state index >= 15 is 0 Å². The number of nitrogens with zero attached hydrogens (tertiary/aromatic N) is 3. The quantitative estimate of drug-likeness (QED) is 0.764. The van der Waals surface area contributed by atoms with Crippen molar-refractivity contribution in [2.45, 2.75) is 25.9 Å². The Morgan fingerprint density at radius 2 is 2.22 bits per heavy atom. The van der Waals surface area contributed by atoms with Gasteiger partial charge in [-0.05, 0) is 6.42 Å². The molecule has 1 aromatic rings. The largest absolute Gasteiger partial charge is 0.389 e. The number of methoxy groups -OCH3 is 1. The molecule has 5 nitrogen and oxygen atoms in total. The van der Waals surface area contributed by atoms with Crippen molar-refractivity contribution in [3.05, 3.63) is 17.0 Å². The van der Waals surface area contributed by atoms with Crippen LogP contribution in [0.3, 0.4) is 0 Å². The maximum atomic E-state index is 9.73. The fraction of sp³-hybridized carbons (Fsp3) is 0.667. The van der Waals surface area contributed by atoms with Gasteiger partial charge in [0.15, 0.2) is 0 Å². The van der Waals surface area contributed by atoms with Crippen LogP contribution in [-0.4, -0.2) is 48.5 Å². The van der Waals surface area contributed by atoms with Crippen LogP contribution < -0.4 is 4.90 Å². The number of halogens is 1. The van der Waals surface area contributed by atoms with Gasteiger partial charge < -0.3 is 14.7 Å². The SMILES string of the molecule is CCCc1c(Cl)ncnc1N(C)CC(O)COC. The summed E-state index contributed by atoms with van der Waals surface area (Å²) in [6.07, 6.45) is 2.67. The molecule has 0 aliphatic rings. The van der Waals surface area contributed by atoms with E-state index in [0.717, 1.165) is 24.2 Å². The summed E-state index contributed by atoms with van der Waals surface area (Å²) in [4.78, 5) is 10.1. The zero-order chi connectivity index (χ0) is 13.5. The third-order valence-corrected chi connectivity index (χ3v) is 2.90. The summed E-state index contributed by atoms with van der Waals surface area (Å²) < 4.78 is 4.91. The molecule has 1 aromatic heterocycles. The highest BCUT2D eigenvalue weighted by molar-refractivity contribution is 6.30. The van der Waals surface area contributed by atoms with Crippen LogP contribution in [0.2, 0.25) is 5.15 Å². The van der Waals surface area contributed by atoms with Crippen molar-refractivity contribution in [3.63, 3.8) is 0 Å². The average molecular weight is 274 g/mol. The van der Waals surface area contributed by atoms with Gasteiger partial charge >= 0.3 is 0 Å². The molecular formula is C12H20ClN3O2. The highest BCUT2D eigenvalue weighted by Crippen LogP contribution is 2.24. The summed E-state index contributed by atoms with van der Waals surface area (Å²) in [5.74, 6) is 0.770. The molecule has 0 saturated heterocycles. The topological polar surface area (TPSA) is 58.5 Å². The second kappa shape index (κ2) is 7.51. The van der Waals surface area contributed by atoms with Gasteiger partial charge in [0.05, 0.1) is 12.7 Å². The Balaban J connectivity index is 2.84. The molecule has 1 rings (SSSR count). The lowest BCUT2D eigenvalue weighted by Crippen LogP contribution is -2.33. The van der Waals surface area contributed by atoms with Crippen molar-refractivity contribution in [3.8, 4) is 0 Å². The van der Waals surface area contributed by atoms with Crippen molar-refractivity contribution in [2.75, 3.05) is 32.2 Å². The van der Waals surface area contributed by atoms with Gasteiger partial charge in [0, 0.05) is 26.3 Å². The number of rotatable bonds is 7. The third-order valence-electron chi connectivity index (χ3n) is 2.58. The predicted molar refractivity (Wildman–Crippen MR) is 72.2 cm³/mol. The van der Waals surface area contributed by atoms with Gasteiger partial charge in [-0.3, -0.25) is 0 Å². The van der Waals surface area contributed by atoms with Gasteiger partial charge in [-0.2, -0.15) is 0 Å². The number of aliphatic hydroxyl groups is 1. The molecule has 6 heteroatoms. The molecule has 18 heavy (non-hydrogen) atoms. The number of likely N-dealkylation sites (N-methyl/N-ethyl adjacent to an activating group) is 1. The molecule has 0 bridgehead atoms. The van der Waals surface area contributed by atoms with Crippen LogP contribution in [0, 0.1) is 0 Å². The lowest BCUT2D eigenvalue weighted by molar-refractivity contribution is 0.0694. The molecule has 1 unspecified atom stereocenters. The highest BCUT2D eigenvalue weighted by Gasteiger charge is 2.15. The molecule has 1 N–H and O–H groups in total. The number of hydrogen-bond donors (Lipinski definition) is 1. The lowest BCUT2D eigenvalue weighted by Gasteiger charge is -2.23. The van der Waals surface area contributed by atoms with Crippen molar-refractivity contribution >= 4 is 17.4 Å². The summed E-state index contributed by atoms with van der Waals surface area (Å²) in [6.45, 7) is 2.82. The van der Waals surface area contributed by atoms with Crippen LogP contribution in [0.5, 0.6) is 0 Å². The van der Waals surface area contributed by atoms with E-state index in [1.807, 2.05) is 11.9 Å². The fourth-order valence-corrected chi connectivity index (χ4v) is 2.05. The number of aromatic nitrogens is 2. The van der Waals surface area contributed by atoms with Gasteiger partial charge in [-0.25, -0.2) is 9.97 Å². The van der Waals surface area contributed by atoms with Gasteiger partial charge in [0.2, 0.25) is 0 Å². The Morgan fingerprint density at radius 3 is 2.83 bits per heavy atom. The molecule has 0 radical (unpaired) electrons. The molecule has 0 amide bonds. The highest BCUT2D eigenvalue weighted by atomic mass is 35.5. The minimum atomic E-state index is -0.553. The second-order valence-electron chi connectivity index (χ2n) is 4.21. The van der Waals surface area contributed by atoms with Gasteiger partial charge in [0.25, 0.3) is 0 Å². The summed E-state index contributed by atoms with van der Waals surface area (Å²) in [5, 5.41) is 10.2. The maximum Gasteiger partial charge on any atom is 0.137 e. The van der Waals surface area contributed by atoms with E-state index in [2.05, 4.69) is 16.9 Å². The van der Waals surface area contributed by atoms with E-state index in [9.17, 15) is 5.11 Å². The Kier molecular flexibility index (Phi) is 6.32. The van der Waals surface area contributed by atoms with Crippen molar-refractivity contribution in [1.29, 1.82) is 0 Å². The molecule has 0 fully saturated rings. The monoisotopic (exact) mass is 273 g/mol. The molecule has 102 valence electrons. The molecule has 0 aliphatic carbocycles. The van der Waals surface area contributed by atoms with Gasteiger partial charge in [-0.15, -0.1) is 0 Å². The first-order valence-electron chi connectivity index (χ1n) is 5.97. The van der Waals surface area contributed by atoms with E-state index in [4.69, 9.17) is 16.3 Å². The maximum absolute atomic E-state index is 9.73. The summed E-state index contributed by atoms with van der Waals surface area (Å²) in [6, 6.07) is 0. The zero-order valence-corrected chi connectivity index (χ0v) is 11.8. The first-order chi connectivity index (χ1) is 8.60. The molecule has 1 atom stereocenters. The van der Waals surface area contributed by atoms with Gasteiger partial charge in [-0.1, -0.05) is 24.9 Å². The molecule has 0 saturated carbocycles. The lowest BCUT2D eigenvalue weighted by atomic mass is 10.1. The van der Waals surface area contributed by atoms with Gasteiger partial charge in [0.1, 0.15) is 17.3 Å². The predicted octanol–water partition coefficient (Wildman–Crippen LogP) is 1.53. The number of aliphatic hydroxyl groups excluding tert-OH is 1. The minimum Gasteiger partial charge on any atom is -0.389 e. The van der Waals surface area contributed by atoms with E-state index in [1.165, 1.54) is 6.33 Å². The van der Waals surface area contributed by atoms with Crippen molar-refractivity contribution in [2.24, 2.45) is 0 Å². The van der Waals surface area contributed by atoms with E-state index < -0.39 is 6.10 Å².